The highest BCUT2D eigenvalue weighted by Crippen LogP contribution is 1.71. The highest BCUT2D eigenvalue weighted by molar-refractivity contribution is 7.34. The van der Waals surface area contributed by atoms with Crippen molar-refractivity contribution < 1.29 is 4.57 Å². The van der Waals surface area contributed by atoms with Gasteiger partial charge in [0.2, 0.25) is 0 Å². The molecule has 0 amide bonds. The molecule has 0 unspecified atom stereocenters. The lowest BCUT2D eigenvalue weighted by Crippen LogP contribution is -2.31. The zero-order valence-corrected chi connectivity index (χ0v) is 5.56. The van der Waals surface area contributed by atoms with Gasteiger partial charge in [0.25, 0.3) is 0 Å². The van der Waals surface area contributed by atoms with Gasteiger partial charge in [-0.15, -0.1) is 0 Å². The molecule has 0 saturated carbocycles. The van der Waals surface area contributed by atoms with Gasteiger partial charge in [0, 0.05) is 0 Å². The molecule has 0 rings (SSSR count). The monoisotopic (exact) mass is 90.1 g/mol. The summed E-state index contributed by atoms with van der Waals surface area (Å²) in [6, 6.07) is 0. The van der Waals surface area contributed by atoms with Crippen LogP contribution in [0.25, 0.3) is 0 Å². The summed E-state index contributed by atoms with van der Waals surface area (Å²) in [5.74, 6) is 0. The van der Waals surface area contributed by atoms with Crippen molar-refractivity contribution in [3.8, 4) is 0 Å². The van der Waals surface area contributed by atoms with Crippen LogP contribution in [0.4, 0.5) is 0 Å². The maximum Gasteiger partial charge on any atom is 0.181 e. The fourth-order valence-corrected chi connectivity index (χ4v) is 0.544. The third-order valence-electron chi connectivity index (χ3n) is 0.544. The van der Waals surface area contributed by atoms with E-state index in [0.717, 1.165) is 0 Å². The van der Waals surface area contributed by atoms with Crippen LogP contribution >= 0.6 is 0 Å². The summed E-state index contributed by atoms with van der Waals surface area (Å²) in [6.07, 6.45) is 0. The molecule has 0 aromatic heterocycles. The van der Waals surface area contributed by atoms with Crippen molar-refractivity contribution in [1.29, 1.82) is 0 Å². The summed E-state index contributed by atoms with van der Waals surface area (Å²) in [7, 11) is 8.17. The minimum Gasteiger partial charge on any atom is -0.523 e. The fraction of sp³-hybridized carbons (Fsp3) is 0. The van der Waals surface area contributed by atoms with Crippen molar-refractivity contribution in [3.63, 3.8) is 0 Å². The lowest BCUT2D eigenvalue weighted by molar-refractivity contribution is 0.660. The largest absolute Gasteiger partial charge is 0.523 e. The molecule has 0 fully saturated rings. The van der Waals surface area contributed by atoms with Crippen LogP contribution in [0.3, 0.4) is 0 Å². The van der Waals surface area contributed by atoms with Crippen molar-refractivity contribution in [3.05, 3.63) is 0 Å². The third-order valence-corrected chi connectivity index (χ3v) is 0.544. The molecule has 0 saturated heterocycles. The molecule has 0 heterocycles. The van der Waals surface area contributed by atoms with Crippen molar-refractivity contribution in [2.75, 3.05) is 0 Å². The van der Waals surface area contributed by atoms with E-state index in [1.165, 1.54) is 0 Å². The fourth-order valence-electron chi connectivity index (χ4n) is 0.544. The molecule has 0 aromatic rings. The SMILES string of the molecule is BB(B)OB(B)B. The molecule has 7 heavy (non-hydrogen) atoms. The molecule has 0 N–H and O–H groups in total. The van der Waals surface area contributed by atoms with E-state index in [1.807, 2.05) is 30.9 Å². The first-order valence-corrected chi connectivity index (χ1v) is 2.78. The van der Waals surface area contributed by atoms with Gasteiger partial charge >= 0.3 is 0 Å². The smallest absolute Gasteiger partial charge is 0.181 e. The van der Waals surface area contributed by atoms with Gasteiger partial charge in [-0.1, -0.05) is 0 Å². The van der Waals surface area contributed by atoms with Crippen LogP contribution in [0, 0.1) is 0 Å². The Hall–Kier alpha value is 0.350. The van der Waals surface area contributed by atoms with Gasteiger partial charge in [-0.2, -0.15) is 0 Å². The minimum absolute atomic E-state index is 0.375. The quantitative estimate of drug-likeness (QED) is 0.310. The molecule has 0 aliphatic rings. The zero-order chi connectivity index (χ0) is 5.86. The van der Waals surface area contributed by atoms with E-state index in [1.54, 1.807) is 0 Å². The van der Waals surface area contributed by atoms with Crippen LogP contribution in [0.1, 0.15) is 0 Å². The summed E-state index contributed by atoms with van der Waals surface area (Å²) in [5.41, 5.74) is 0. The van der Waals surface area contributed by atoms with E-state index in [0.29, 0.717) is 13.4 Å². The molecule has 1 nitrogen and oxygen atoms in total. The molecule has 0 spiro atoms. The Morgan fingerprint density at radius 1 is 0.857 bits per heavy atom. The van der Waals surface area contributed by atoms with Crippen LogP contribution in [-0.4, -0.2) is 44.3 Å². The average Bonchev–Trinajstić information content (AvgIpc) is 1.27. The van der Waals surface area contributed by atoms with Crippen LogP contribution in [-0.2, 0) is 4.57 Å². The first-order chi connectivity index (χ1) is 3.13. The Bertz CT molecular complexity index is 33.4. The maximum atomic E-state index is 5.25. The maximum absolute atomic E-state index is 5.25. The van der Waals surface area contributed by atoms with Crippen molar-refractivity contribution in [2.24, 2.45) is 0 Å². The number of rotatable bonds is 2. The predicted molar refractivity (Wildman–Crippen MR) is 46.8 cm³/mol. The molecule has 0 radical (unpaired) electrons. The molecule has 0 atom stereocenters. The summed E-state index contributed by atoms with van der Waals surface area (Å²) in [5, 5.41) is 0. The second-order valence-corrected chi connectivity index (χ2v) is 2.23. The summed E-state index contributed by atoms with van der Waals surface area (Å²) >= 11 is 0. The van der Waals surface area contributed by atoms with Crippen molar-refractivity contribution in [1.82, 2.24) is 0 Å². The summed E-state index contributed by atoms with van der Waals surface area (Å²) in [6.45, 7) is 0.750. The molecule has 0 aromatic carbocycles. The Morgan fingerprint density at radius 3 is 1.14 bits per heavy atom. The van der Waals surface area contributed by atoms with E-state index in [9.17, 15) is 0 Å². The molecular weight excluding hydrogens is 80.9 g/mol. The van der Waals surface area contributed by atoms with E-state index < -0.39 is 0 Å². The van der Waals surface area contributed by atoms with Crippen LogP contribution in [0.5, 0.6) is 0 Å². The number of hydrogen-bond donors (Lipinski definition) is 0. The van der Waals surface area contributed by atoms with E-state index in [2.05, 4.69) is 0 Å². The van der Waals surface area contributed by atoms with E-state index in [-0.39, 0.29) is 0 Å². The lowest BCUT2D eigenvalue weighted by Gasteiger charge is -2.05. The molecule has 32 valence electrons. The van der Waals surface area contributed by atoms with Crippen molar-refractivity contribution >= 4 is 44.3 Å². The molecule has 0 aliphatic heterocycles. The molecule has 0 bridgehead atoms. The summed E-state index contributed by atoms with van der Waals surface area (Å²) in [4.78, 5) is 0. The second kappa shape index (κ2) is 3.36. The van der Waals surface area contributed by atoms with Crippen LogP contribution in [0.15, 0.2) is 0 Å². The molecule has 7 heteroatoms. The average molecular weight is 88.9 g/mol. The Labute approximate surface area is 49.7 Å². The Morgan fingerprint density at radius 2 is 1.14 bits per heavy atom. The third kappa shape index (κ3) is 6.35. The van der Waals surface area contributed by atoms with E-state index in [4.69, 9.17) is 4.57 Å². The van der Waals surface area contributed by atoms with Gasteiger partial charge in [-0.05, 0) is 0 Å². The van der Waals surface area contributed by atoms with Gasteiger partial charge in [0.15, 0.2) is 13.4 Å². The van der Waals surface area contributed by atoms with Gasteiger partial charge < -0.3 is 4.57 Å². The highest BCUT2D eigenvalue weighted by Gasteiger charge is 2.02. The van der Waals surface area contributed by atoms with Crippen LogP contribution < -0.4 is 0 Å². The number of hydrogen-bond acceptors (Lipinski definition) is 1. The zero-order valence-electron chi connectivity index (χ0n) is 5.56. The van der Waals surface area contributed by atoms with E-state index >= 15 is 0 Å². The first kappa shape index (κ1) is 7.35. The highest BCUT2D eigenvalue weighted by atomic mass is 16.4. The Kier molecular flexibility index (Phi) is 3.53. The van der Waals surface area contributed by atoms with Crippen LogP contribution in [0.2, 0.25) is 0 Å². The van der Waals surface area contributed by atoms with Crippen molar-refractivity contribution in [2.45, 2.75) is 0 Å². The minimum atomic E-state index is 0.375. The first-order valence-electron chi connectivity index (χ1n) is 2.78. The van der Waals surface area contributed by atoms with Gasteiger partial charge in [0.05, 0.1) is 30.9 Å². The van der Waals surface area contributed by atoms with Gasteiger partial charge in [-0.3, -0.25) is 0 Å². The lowest BCUT2D eigenvalue weighted by atomic mass is 9.24. The summed E-state index contributed by atoms with van der Waals surface area (Å²) < 4.78 is 5.25. The molecule has 0 aliphatic carbocycles. The van der Waals surface area contributed by atoms with Gasteiger partial charge in [-0.25, -0.2) is 0 Å². The standard InChI is InChI=1S/B6H8O/c1-5(2)7-6(3)4/h1-4H2. The Balaban J connectivity index is 2.95. The normalized spacial score (nSPS) is 8.00. The van der Waals surface area contributed by atoms with Gasteiger partial charge in [0.1, 0.15) is 0 Å². The molecular formula is H8B6O. The predicted octanol–water partition coefficient (Wildman–Crippen LogP) is -4.49. The topological polar surface area (TPSA) is 9.23 Å². The second-order valence-electron chi connectivity index (χ2n) is 2.23.